The molecule has 66 valence electrons. The van der Waals surface area contributed by atoms with Crippen LogP contribution in [0.2, 0.25) is 0 Å². The quantitative estimate of drug-likeness (QED) is 0.698. The minimum Gasteiger partial charge on any atom is -0.228 e. The third-order valence-corrected chi connectivity index (χ3v) is 3.87. The van der Waals surface area contributed by atoms with Crippen molar-refractivity contribution in [1.29, 1.82) is 0 Å². The third kappa shape index (κ3) is 2.79. The minimum absolute atomic E-state index is 0.0604. The second-order valence-corrected chi connectivity index (χ2v) is 5.56. The summed E-state index contributed by atoms with van der Waals surface area (Å²) in [5.74, 6) is 0.196. The molecule has 12 heavy (non-hydrogen) atoms. The zero-order valence-corrected chi connectivity index (χ0v) is 8.20. The average molecular weight is 202 g/mol. The summed E-state index contributed by atoms with van der Waals surface area (Å²) in [4.78, 5) is 0.886. The van der Waals surface area contributed by atoms with Crippen LogP contribution in [0, 0.1) is 0 Å². The molecule has 0 radical (unpaired) electrons. The zero-order chi connectivity index (χ0) is 9.03. The lowest BCUT2D eigenvalue weighted by Crippen LogP contribution is -2.05. The Morgan fingerprint density at radius 2 is 2.33 bits per heavy atom. The van der Waals surface area contributed by atoms with E-state index in [1.165, 1.54) is 17.4 Å². The molecule has 1 aromatic rings. The summed E-state index contributed by atoms with van der Waals surface area (Å²) in [6.07, 6.45) is 1.42. The summed E-state index contributed by atoms with van der Waals surface area (Å²) in [5, 5.41) is 1.87. The fourth-order valence-electron chi connectivity index (χ4n) is 0.850. The Balaban J connectivity index is 2.69. The predicted octanol–water partition coefficient (Wildman–Crippen LogP) is 1.85. The molecule has 0 fully saturated rings. The summed E-state index contributed by atoms with van der Waals surface area (Å²) >= 11 is 1.46. The fraction of sp³-hybridized carbons (Fsp3) is 0.250. The van der Waals surface area contributed by atoms with Crippen molar-refractivity contribution < 1.29 is 8.42 Å². The van der Waals surface area contributed by atoms with Crippen LogP contribution < -0.4 is 0 Å². The molecule has 0 aliphatic carbocycles. The Bertz CT molecular complexity index is 335. The molecule has 0 saturated heterocycles. The van der Waals surface area contributed by atoms with Crippen molar-refractivity contribution in [2.45, 2.75) is 5.75 Å². The highest BCUT2D eigenvalue weighted by Crippen LogP contribution is 2.12. The van der Waals surface area contributed by atoms with E-state index >= 15 is 0 Å². The molecule has 0 aliphatic heterocycles. The second-order valence-electron chi connectivity index (χ2n) is 2.42. The van der Waals surface area contributed by atoms with Gasteiger partial charge in [-0.25, -0.2) is 8.42 Å². The summed E-state index contributed by atoms with van der Waals surface area (Å²) in [6, 6.07) is 3.68. The monoisotopic (exact) mass is 202 g/mol. The standard InChI is InChI=1S/C8H10O2S2/c1-2-6-12(9,10)7-8-4-3-5-11-8/h2-5H,1,6-7H2. The zero-order valence-electron chi connectivity index (χ0n) is 6.56. The van der Waals surface area contributed by atoms with Gasteiger partial charge in [-0.2, -0.15) is 0 Å². The van der Waals surface area contributed by atoms with Gasteiger partial charge in [0.2, 0.25) is 0 Å². The number of hydrogen-bond acceptors (Lipinski definition) is 3. The van der Waals surface area contributed by atoms with Crippen molar-refractivity contribution in [2.24, 2.45) is 0 Å². The largest absolute Gasteiger partial charge is 0.228 e. The van der Waals surface area contributed by atoms with Crippen molar-refractivity contribution in [3.63, 3.8) is 0 Å². The van der Waals surface area contributed by atoms with Crippen LogP contribution >= 0.6 is 11.3 Å². The Labute approximate surface area is 76.5 Å². The molecule has 4 heteroatoms. The average Bonchev–Trinajstić information content (AvgIpc) is 2.38. The molecule has 0 bridgehead atoms. The molecule has 0 aliphatic rings. The van der Waals surface area contributed by atoms with Crippen molar-refractivity contribution in [2.75, 3.05) is 5.75 Å². The van der Waals surface area contributed by atoms with Crippen LogP contribution in [0.25, 0.3) is 0 Å². The molecular formula is C8H10O2S2. The molecule has 0 saturated carbocycles. The van der Waals surface area contributed by atoms with Crippen molar-refractivity contribution in [3.05, 3.63) is 35.0 Å². The van der Waals surface area contributed by atoms with E-state index in [-0.39, 0.29) is 11.5 Å². The van der Waals surface area contributed by atoms with Crippen molar-refractivity contribution in [1.82, 2.24) is 0 Å². The molecule has 0 spiro atoms. The second kappa shape index (κ2) is 3.87. The summed E-state index contributed by atoms with van der Waals surface area (Å²) < 4.78 is 22.5. The molecule has 1 rings (SSSR count). The Morgan fingerprint density at radius 1 is 1.58 bits per heavy atom. The first-order chi connectivity index (χ1) is 5.64. The van der Waals surface area contributed by atoms with Gasteiger partial charge < -0.3 is 0 Å². The van der Waals surface area contributed by atoms with Gasteiger partial charge in [0.05, 0.1) is 11.5 Å². The molecule has 2 nitrogen and oxygen atoms in total. The first-order valence-corrected chi connectivity index (χ1v) is 6.18. The van der Waals surface area contributed by atoms with E-state index in [9.17, 15) is 8.42 Å². The van der Waals surface area contributed by atoms with E-state index in [0.29, 0.717) is 0 Å². The van der Waals surface area contributed by atoms with Gasteiger partial charge in [-0.05, 0) is 11.4 Å². The van der Waals surface area contributed by atoms with Gasteiger partial charge in [0, 0.05) is 4.88 Å². The smallest absolute Gasteiger partial charge is 0.158 e. The lowest BCUT2D eigenvalue weighted by Gasteiger charge is -1.96. The van der Waals surface area contributed by atoms with Crippen LogP contribution in [0.4, 0.5) is 0 Å². The minimum atomic E-state index is -2.96. The van der Waals surface area contributed by atoms with Gasteiger partial charge in [-0.3, -0.25) is 0 Å². The lowest BCUT2D eigenvalue weighted by molar-refractivity contribution is 0.598. The van der Waals surface area contributed by atoms with Gasteiger partial charge in [-0.15, -0.1) is 17.9 Å². The van der Waals surface area contributed by atoms with E-state index in [1.54, 1.807) is 0 Å². The Hall–Kier alpha value is -0.610. The molecule has 0 N–H and O–H groups in total. The summed E-state index contributed by atoms with van der Waals surface area (Å²) in [6.45, 7) is 3.40. The number of hydrogen-bond donors (Lipinski definition) is 0. The molecule has 0 amide bonds. The molecule has 1 aromatic heterocycles. The first kappa shape index (κ1) is 9.48. The van der Waals surface area contributed by atoms with Crippen LogP contribution in [0.5, 0.6) is 0 Å². The van der Waals surface area contributed by atoms with Gasteiger partial charge in [0.1, 0.15) is 0 Å². The molecule has 0 atom stereocenters. The maximum Gasteiger partial charge on any atom is 0.158 e. The molecule has 0 unspecified atom stereocenters. The van der Waals surface area contributed by atoms with Crippen LogP contribution in [0.3, 0.4) is 0 Å². The highest BCUT2D eigenvalue weighted by Gasteiger charge is 2.09. The predicted molar refractivity (Wildman–Crippen MR) is 52.0 cm³/mol. The molecular weight excluding hydrogens is 192 g/mol. The van der Waals surface area contributed by atoms with Gasteiger partial charge in [0.15, 0.2) is 9.84 Å². The Kier molecular flexibility index (Phi) is 3.05. The van der Waals surface area contributed by atoms with Crippen LogP contribution in [0.15, 0.2) is 30.2 Å². The maximum atomic E-state index is 11.2. The first-order valence-electron chi connectivity index (χ1n) is 3.48. The van der Waals surface area contributed by atoms with Gasteiger partial charge in [-0.1, -0.05) is 12.1 Å². The highest BCUT2D eigenvalue weighted by molar-refractivity contribution is 7.90. The topological polar surface area (TPSA) is 34.1 Å². The van der Waals surface area contributed by atoms with Crippen molar-refractivity contribution >= 4 is 21.2 Å². The Morgan fingerprint density at radius 3 is 2.83 bits per heavy atom. The van der Waals surface area contributed by atoms with Gasteiger partial charge in [0.25, 0.3) is 0 Å². The number of thiophene rings is 1. The van der Waals surface area contributed by atoms with E-state index < -0.39 is 9.84 Å². The number of rotatable bonds is 4. The SMILES string of the molecule is C=CCS(=O)(=O)Cc1cccs1. The van der Waals surface area contributed by atoms with Crippen LogP contribution in [-0.4, -0.2) is 14.2 Å². The van der Waals surface area contributed by atoms with E-state index in [4.69, 9.17) is 0 Å². The van der Waals surface area contributed by atoms with Gasteiger partial charge >= 0.3 is 0 Å². The molecule has 0 aromatic carbocycles. The lowest BCUT2D eigenvalue weighted by atomic mass is 10.5. The van der Waals surface area contributed by atoms with Crippen LogP contribution in [0.1, 0.15) is 4.88 Å². The normalized spacial score (nSPS) is 11.3. The van der Waals surface area contributed by atoms with Crippen molar-refractivity contribution in [3.8, 4) is 0 Å². The summed E-state index contributed by atoms with van der Waals surface area (Å²) in [5.41, 5.74) is 0. The fourth-order valence-corrected chi connectivity index (χ4v) is 3.16. The third-order valence-electron chi connectivity index (χ3n) is 1.31. The molecule has 1 heterocycles. The number of sulfone groups is 1. The van der Waals surface area contributed by atoms with Crippen LogP contribution in [-0.2, 0) is 15.6 Å². The van der Waals surface area contributed by atoms with E-state index in [2.05, 4.69) is 6.58 Å². The highest BCUT2D eigenvalue weighted by atomic mass is 32.2. The van der Waals surface area contributed by atoms with E-state index in [0.717, 1.165) is 4.88 Å². The van der Waals surface area contributed by atoms with E-state index in [1.807, 2.05) is 17.5 Å². The maximum absolute atomic E-state index is 11.2. The summed E-state index contributed by atoms with van der Waals surface area (Å²) in [7, 11) is -2.96.